The molecule has 1 fully saturated rings. The van der Waals surface area contributed by atoms with Crippen LogP contribution in [0.4, 0.5) is 4.79 Å². The van der Waals surface area contributed by atoms with Gasteiger partial charge in [0, 0.05) is 32.2 Å². The highest BCUT2D eigenvalue weighted by Gasteiger charge is 2.24. The smallest absolute Gasteiger partial charge is 0.409 e. The van der Waals surface area contributed by atoms with Crippen molar-refractivity contribution < 1.29 is 14.3 Å². The molecule has 1 aromatic rings. The summed E-state index contributed by atoms with van der Waals surface area (Å²) in [5.74, 6) is 1.70. The third-order valence-electron chi connectivity index (χ3n) is 5.62. The van der Waals surface area contributed by atoms with E-state index in [0.29, 0.717) is 38.9 Å². The van der Waals surface area contributed by atoms with Crippen LogP contribution in [0.2, 0.25) is 0 Å². The highest BCUT2D eigenvalue weighted by atomic mass is 127. The fraction of sp³-hybridized carbons (Fsp3) is 0.667. The molecule has 0 unspecified atom stereocenters. The Morgan fingerprint density at radius 2 is 1.79 bits per heavy atom. The molecule has 1 heterocycles. The molecule has 2 N–H and O–H groups in total. The zero-order valence-corrected chi connectivity index (χ0v) is 23.0. The summed E-state index contributed by atoms with van der Waals surface area (Å²) < 4.78 is 11.0. The molecule has 1 aromatic carbocycles. The number of nitrogens with one attached hydrogen (secondary N) is 2. The molecule has 8 nitrogen and oxygen atoms in total. The van der Waals surface area contributed by atoms with E-state index in [1.807, 2.05) is 19.1 Å². The summed E-state index contributed by atoms with van der Waals surface area (Å²) in [7, 11) is 0. The molecule has 0 radical (unpaired) electrons. The molecule has 0 atom stereocenters. The van der Waals surface area contributed by atoms with Crippen LogP contribution in [-0.2, 0) is 11.3 Å². The zero-order valence-electron chi connectivity index (χ0n) is 20.6. The Morgan fingerprint density at radius 1 is 1.12 bits per heavy atom. The lowest BCUT2D eigenvalue weighted by Crippen LogP contribution is -2.49. The van der Waals surface area contributed by atoms with Gasteiger partial charge in [0.1, 0.15) is 12.4 Å². The van der Waals surface area contributed by atoms with Crippen LogP contribution in [0.3, 0.4) is 0 Å². The number of carbonyl (C=O) groups is 1. The summed E-state index contributed by atoms with van der Waals surface area (Å²) in [6, 6.07) is 8.45. The van der Waals surface area contributed by atoms with Crippen LogP contribution in [0.1, 0.15) is 46.1 Å². The first-order chi connectivity index (χ1) is 15.6. The lowest BCUT2D eigenvalue weighted by atomic mass is 10.1. The van der Waals surface area contributed by atoms with Crippen LogP contribution in [0.15, 0.2) is 29.3 Å². The van der Waals surface area contributed by atoms with Crippen LogP contribution in [0.25, 0.3) is 0 Å². The van der Waals surface area contributed by atoms with Crippen molar-refractivity contribution in [2.75, 3.05) is 52.5 Å². The van der Waals surface area contributed by atoms with E-state index < -0.39 is 0 Å². The number of piperidine rings is 1. The molecule has 2 rings (SSSR count). The van der Waals surface area contributed by atoms with Gasteiger partial charge in [-0.15, -0.1) is 24.0 Å². The maximum absolute atomic E-state index is 11.9. The molecule has 0 aliphatic carbocycles. The van der Waals surface area contributed by atoms with E-state index >= 15 is 0 Å². The first kappa shape index (κ1) is 29.3. The van der Waals surface area contributed by atoms with Gasteiger partial charge >= 0.3 is 6.09 Å². The number of hydrogen-bond acceptors (Lipinski definition) is 5. The highest BCUT2D eigenvalue weighted by Crippen LogP contribution is 2.14. The number of rotatable bonds is 11. The van der Waals surface area contributed by atoms with Crippen molar-refractivity contribution in [3.63, 3.8) is 0 Å². The second-order valence-electron chi connectivity index (χ2n) is 7.82. The Hall–Kier alpha value is -1.75. The van der Waals surface area contributed by atoms with Crippen LogP contribution in [0.5, 0.6) is 5.75 Å². The molecule has 1 saturated heterocycles. The summed E-state index contributed by atoms with van der Waals surface area (Å²) in [4.78, 5) is 20.7. The molecule has 1 amide bonds. The molecule has 1 aliphatic rings. The van der Waals surface area contributed by atoms with Crippen molar-refractivity contribution in [2.24, 2.45) is 4.99 Å². The standard InChI is InChI=1S/C24H41N5O3.HI/c1-5-25-23(27-21-13-15-29(16-14-21)24(30)31-8-4)26-19-20-9-11-22(12-10-20)32-18-17-28(6-2)7-3;/h9-12,21H,5-8,13-19H2,1-4H3,(H2,25,26,27);1H. The minimum atomic E-state index is -0.216. The topological polar surface area (TPSA) is 78.4 Å². The molecule has 0 spiro atoms. The quantitative estimate of drug-likeness (QED) is 0.238. The Bertz CT molecular complexity index is 690. The van der Waals surface area contributed by atoms with Gasteiger partial charge < -0.3 is 29.9 Å². The van der Waals surface area contributed by atoms with Crippen LogP contribution >= 0.6 is 24.0 Å². The van der Waals surface area contributed by atoms with Gasteiger partial charge in [-0.1, -0.05) is 26.0 Å². The van der Waals surface area contributed by atoms with Gasteiger partial charge in [-0.25, -0.2) is 9.79 Å². The number of aliphatic imine (C=N–C) groups is 1. The number of hydrogen-bond donors (Lipinski definition) is 2. The largest absolute Gasteiger partial charge is 0.492 e. The predicted octanol–water partition coefficient (Wildman–Crippen LogP) is 3.70. The fourth-order valence-electron chi connectivity index (χ4n) is 3.63. The number of halogens is 1. The van der Waals surface area contributed by atoms with Crippen LogP contribution < -0.4 is 15.4 Å². The lowest BCUT2D eigenvalue weighted by Gasteiger charge is -2.32. The molecule has 0 bridgehead atoms. The predicted molar refractivity (Wildman–Crippen MR) is 145 cm³/mol. The SMILES string of the molecule is CCNC(=NCc1ccc(OCCN(CC)CC)cc1)NC1CCN(C(=O)OCC)CC1.I. The monoisotopic (exact) mass is 575 g/mol. The van der Waals surface area contributed by atoms with Crippen molar-refractivity contribution in [1.29, 1.82) is 0 Å². The fourth-order valence-corrected chi connectivity index (χ4v) is 3.63. The molecular weight excluding hydrogens is 533 g/mol. The molecule has 1 aliphatic heterocycles. The van der Waals surface area contributed by atoms with E-state index in [9.17, 15) is 4.79 Å². The lowest BCUT2D eigenvalue weighted by molar-refractivity contribution is 0.0963. The summed E-state index contributed by atoms with van der Waals surface area (Å²) >= 11 is 0. The summed E-state index contributed by atoms with van der Waals surface area (Å²) in [6.45, 7) is 15.2. The Kier molecular flexibility index (Phi) is 14.9. The number of benzene rings is 1. The maximum atomic E-state index is 11.9. The van der Waals surface area contributed by atoms with E-state index in [1.165, 1.54) is 0 Å². The number of amides is 1. The molecule has 33 heavy (non-hydrogen) atoms. The Balaban J connectivity index is 0.00000544. The summed E-state index contributed by atoms with van der Waals surface area (Å²) in [5.41, 5.74) is 1.13. The Labute approximate surface area is 216 Å². The van der Waals surface area contributed by atoms with E-state index in [-0.39, 0.29) is 30.1 Å². The molecule has 0 aromatic heterocycles. The normalized spacial score (nSPS) is 14.6. The van der Waals surface area contributed by atoms with Crippen molar-refractivity contribution in [1.82, 2.24) is 20.4 Å². The van der Waals surface area contributed by atoms with Crippen molar-refractivity contribution >= 4 is 36.0 Å². The first-order valence-corrected chi connectivity index (χ1v) is 12.0. The number of guanidine groups is 1. The van der Waals surface area contributed by atoms with E-state index in [1.54, 1.807) is 4.90 Å². The molecule has 188 valence electrons. The molecule has 0 saturated carbocycles. The summed E-state index contributed by atoms with van der Waals surface area (Å²) in [5, 5.41) is 6.83. The van der Waals surface area contributed by atoms with Gasteiger partial charge in [0.15, 0.2) is 5.96 Å². The van der Waals surface area contributed by atoms with Gasteiger partial charge in [0.05, 0.1) is 13.2 Å². The second kappa shape index (κ2) is 16.8. The average molecular weight is 576 g/mol. The van der Waals surface area contributed by atoms with E-state index in [0.717, 1.165) is 56.3 Å². The highest BCUT2D eigenvalue weighted by molar-refractivity contribution is 14.0. The van der Waals surface area contributed by atoms with Crippen LogP contribution in [-0.4, -0.2) is 80.4 Å². The minimum Gasteiger partial charge on any atom is -0.492 e. The van der Waals surface area contributed by atoms with Gasteiger partial charge in [-0.2, -0.15) is 0 Å². The number of likely N-dealkylation sites (N-methyl/N-ethyl adjacent to an activating group) is 1. The van der Waals surface area contributed by atoms with Crippen molar-refractivity contribution in [3.05, 3.63) is 29.8 Å². The maximum Gasteiger partial charge on any atom is 0.409 e. The third-order valence-corrected chi connectivity index (χ3v) is 5.62. The van der Waals surface area contributed by atoms with E-state index in [4.69, 9.17) is 14.5 Å². The number of carbonyl (C=O) groups excluding carboxylic acids is 1. The van der Waals surface area contributed by atoms with Gasteiger partial charge in [-0.3, -0.25) is 0 Å². The van der Waals surface area contributed by atoms with Crippen molar-refractivity contribution in [3.8, 4) is 5.75 Å². The van der Waals surface area contributed by atoms with Crippen LogP contribution in [0, 0.1) is 0 Å². The van der Waals surface area contributed by atoms with Crippen molar-refractivity contribution in [2.45, 2.75) is 53.1 Å². The third kappa shape index (κ3) is 10.8. The van der Waals surface area contributed by atoms with Gasteiger partial charge in [0.2, 0.25) is 0 Å². The van der Waals surface area contributed by atoms with E-state index in [2.05, 4.69) is 48.4 Å². The molecule has 9 heteroatoms. The minimum absolute atomic E-state index is 0. The van der Waals surface area contributed by atoms with Gasteiger partial charge in [0.25, 0.3) is 0 Å². The number of nitrogens with zero attached hydrogens (tertiary/aromatic N) is 3. The van der Waals surface area contributed by atoms with Gasteiger partial charge in [-0.05, 0) is 57.5 Å². The second-order valence-corrected chi connectivity index (χ2v) is 7.82. The number of likely N-dealkylation sites (tertiary alicyclic amines) is 1. The summed E-state index contributed by atoms with van der Waals surface area (Å²) in [6.07, 6.45) is 1.54. The molecular formula is C24H42IN5O3. The number of ether oxygens (including phenoxy) is 2. The zero-order chi connectivity index (χ0) is 23.2. The first-order valence-electron chi connectivity index (χ1n) is 12.0. The Morgan fingerprint density at radius 3 is 2.36 bits per heavy atom. The average Bonchev–Trinajstić information content (AvgIpc) is 2.82.